The van der Waals surface area contributed by atoms with Gasteiger partial charge in [-0.2, -0.15) is 12.6 Å². The molecular formula is C6H9NO2S. The Morgan fingerprint density at radius 3 is 3.20 bits per heavy atom. The number of hydrogen-bond donors (Lipinski definition) is 1. The molecule has 1 rings (SSSR count). The molecule has 0 spiro atoms. The molecule has 56 valence electrons. The molecule has 10 heavy (non-hydrogen) atoms. The van der Waals surface area contributed by atoms with Crippen molar-refractivity contribution >= 4 is 12.6 Å². The summed E-state index contributed by atoms with van der Waals surface area (Å²) in [6.45, 7) is 1.13. The van der Waals surface area contributed by atoms with Crippen molar-refractivity contribution in [3.8, 4) is 0 Å². The second-order valence-electron chi connectivity index (χ2n) is 1.75. The molecule has 0 aliphatic carbocycles. The van der Waals surface area contributed by atoms with Gasteiger partial charge in [0.25, 0.3) is 0 Å². The normalized spacial score (nSPS) is 10.1. The molecule has 0 radical (unpaired) electrons. The monoisotopic (exact) mass is 159 g/mol. The Balaban J connectivity index is 2.15. The molecule has 0 unspecified atom stereocenters. The van der Waals surface area contributed by atoms with Crippen LogP contribution in [-0.2, 0) is 11.3 Å². The van der Waals surface area contributed by atoms with Gasteiger partial charge < -0.3 is 9.26 Å². The van der Waals surface area contributed by atoms with E-state index in [9.17, 15) is 0 Å². The lowest BCUT2D eigenvalue weighted by molar-refractivity contribution is 0.115. The first-order valence-electron chi connectivity index (χ1n) is 3.01. The van der Waals surface area contributed by atoms with E-state index in [2.05, 4.69) is 17.8 Å². The number of hydrogen-bond acceptors (Lipinski definition) is 4. The highest BCUT2D eigenvalue weighted by Gasteiger charge is 1.94. The summed E-state index contributed by atoms with van der Waals surface area (Å²) < 4.78 is 9.90. The van der Waals surface area contributed by atoms with Crippen LogP contribution in [0.15, 0.2) is 16.8 Å². The van der Waals surface area contributed by atoms with Crippen LogP contribution in [0.25, 0.3) is 0 Å². The van der Waals surface area contributed by atoms with E-state index in [4.69, 9.17) is 9.26 Å². The van der Waals surface area contributed by atoms with Gasteiger partial charge in [-0.3, -0.25) is 0 Å². The fourth-order valence-electron chi connectivity index (χ4n) is 0.554. The summed E-state index contributed by atoms with van der Waals surface area (Å²) in [5, 5.41) is 3.53. The third-order valence-corrected chi connectivity index (χ3v) is 1.15. The molecule has 3 nitrogen and oxygen atoms in total. The summed E-state index contributed by atoms with van der Waals surface area (Å²) in [5.74, 6) is 1.48. The highest BCUT2D eigenvalue weighted by atomic mass is 32.1. The van der Waals surface area contributed by atoms with Crippen LogP contribution in [0.3, 0.4) is 0 Å². The minimum Gasteiger partial charge on any atom is -0.373 e. The second-order valence-corrected chi connectivity index (χ2v) is 2.20. The molecule has 0 fully saturated rings. The van der Waals surface area contributed by atoms with Gasteiger partial charge in [-0.25, -0.2) is 0 Å². The van der Waals surface area contributed by atoms with Crippen LogP contribution < -0.4 is 0 Å². The third kappa shape index (κ3) is 2.41. The molecule has 1 aromatic heterocycles. The predicted octanol–water partition coefficient (Wildman–Crippen LogP) is 1.12. The van der Waals surface area contributed by atoms with Gasteiger partial charge in [-0.15, -0.1) is 0 Å². The van der Waals surface area contributed by atoms with Gasteiger partial charge in [0.1, 0.15) is 6.61 Å². The van der Waals surface area contributed by atoms with E-state index < -0.39 is 0 Å². The lowest BCUT2D eigenvalue weighted by Crippen LogP contribution is -1.94. The molecule has 0 N–H and O–H groups in total. The molecule has 0 saturated carbocycles. The first kappa shape index (κ1) is 7.63. The van der Waals surface area contributed by atoms with Gasteiger partial charge in [0, 0.05) is 11.8 Å². The zero-order chi connectivity index (χ0) is 7.23. The van der Waals surface area contributed by atoms with Crippen molar-refractivity contribution in [3.05, 3.63) is 18.0 Å². The maximum atomic E-state index is 5.12. The number of nitrogens with zero attached hydrogens (tertiary/aromatic N) is 1. The zero-order valence-corrected chi connectivity index (χ0v) is 6.38. The Kier molecular flexibility index (Phi) is 3.32. The highest BCUT2D eigenvalue weighted by Crippen LogP contribution is 1.98. The van der Waals surface area contributed by atoms with Crippen molar-refractivity contribution in [1.29, 1.82) is 0 Å². The molecule has 4 heteroatoms. The van der Waals surface area contributed by atoms with Gasteiger partial charge in [0.05, 0.1) is 12.8 Å². The summed E-state index contributed by atoms with van der Waals surface area (Å²) in [4.78, 5) is 0. The lowest BCUT2D eigenvalue weighted by Gasteiger charge is -1.95. The average molecular weight is 159 g/mol. The Hall–Kier alpha value is -0.480. The van der Waals surface area contributed by atoms with Gasteiger partial charge >= 0.3 is 0 Å². The quantitative estimate of drug-likeness (QED) is 0.528. The minimum absolute atomic E-state index is 0.487. The van der Waals surface area contributed by atoms with Crippen LogP contribution in [0.4, 0.5) is 0 Å². The first-order chi connectivity index (χ1) is 4.93. The summed E-state index contributed by atoms with van der Waals surface area (Å²) in [7, 11) is 0. The number of rotatable bonds is 4. The zero-order valence-electron chi connectivity index (χ0n) is 5.49. The van der Waals surface area contributed by atoms with Crippen molar-refractivity contribution in [2.75, 3.05) is 12.4 Å². The summed E-state index contributed by atoms with van der Waals surface area (Å²) in [5.41, 5.74) is 0. The molecule has 0 aliphatic heterocycles. The highest BCUT2D eigenvalue weighted by molar-refractivity contribution is 7.80. The molecule has 0 atom stereocenters. The maximum Gasteiger partial charge on any atom is 0.162 e. The SMILES string of the molecule is SCCOCc1ccno1. The Morgan fingerprint density at radius 1 is 1.70 bits per heavy atom. The van der Waals surface area contributed by atoms with Crippen LogP contribution in [0.1, 0.15) is 5.76 Å². The topological polar surface area (TPSA) is 35.3 Å². The van der Waals surface area contributed by atoms with Crippen LogP contribution in [0.5, 0.6) is 0 Å². The Morgan fingerprint density at radius 2 is 2.60 bits per heavy atom. The smallest absolute Gasteiger partial charge is 0.162 e. The minimum atomic E-state index is 0.487. The van der Waals surface area contributed by atoms with Gasteiger partial charge in [-0.05, 0) is 0 Å². The lowest BCUT2D eigenvalue weighted by atomic mass is 10.5. The maximum absolute atomic E-state index is 5.12. The van der Waals surface area contributed by atoms with Gasteiger partial charge in [0.15, 0.2) is 5.76 Å². The van der Waals surface area contributed by atoms with Crippen LogP contribution in [-0.4, -0.2) is 17.5 Å². The van der Waals surface area contributed by atoms with E-state index in [1.54, 1.807) is 12.3 Å². The molecule has 1 heterocycles. The first-order valence-corrected chi connectivity index (χ1v) is 3.65. The van der Waals surface area contributed by atoms with E-state index in [0.717, 1.165) is 11.5 Å². The Labute approximate surface area is 64.8 Å². The molecule has 0 bridgehead atoms. The molecule has 0 aliphatic rings. The Bertz CT molecular complexity index is 164. The van der Waals surface area contributed by atoms with Crippen LogP contribution in [0, 0.1) is 0 Å². The van der Waals surface area contributed by atoms with E-state index in [1.807, 2.05) is 0 Å². The largest absolute Gasteiger partial charge is 0.373 e. The second kappa shape index (κ2) is 4.35. The summed E-state index contributed by atoms with van der Waals surface area (Å²) >= 11 is 3.98. The van der Waals surface area contributed by atoms with Crippen LogP contribution >= 0.6 is 12.6 Å². The molecule has 1 aromatic rings. The van der Waals surface area contributed by atoms with Crippen molar-refractivity contribution in [1.82, 2.24) is 5.16 Å². The van der Waals surface area contributed by atoms with E-state index in [0.29, 0.717) is 13.2 Å². The fourth-order valence-corrected chi connectivity index (χ4v) is 0.683. The number of ether oxygens (including phenoxy) is 1. The molecule has 0 saturated heterocycles. The van der Waals surface area contributed by atoms with Gasteiger partial charge in [-0.1, -0.05) is 5.16 Å². The molecule has 0 amide bonds. The third-order valence-electron chi connectivity index (χ3n) is 0.971. The fraction of sp³-hybridized carbons (Fsp3) is 0.500. The number of aromatic nitrogens is 1. The summed E-state index contributed by atoms with van der Waals surface area (Å²) in [6, 6.07) is 1.78. The van der Waals surface area contributed by atoms with E-state index in [1.165, 1.54) is 0 Å². The van der Waals surface area contributed by atoms with E-state index >= 15 is 0 Å². The average Bonchev–Trinajstić information content (AvgIpc) is 2.41. The summed E-state index contributed by atoms with van der Waals surface area (Å²) in [6.07, 6.45) is 1.60. The standard InChI is InChI=1S/C6H9NO2S/c10-4-3-8-5-6-1-2-7-9-6/h1-2,10H,3-5H2. The van der Waals surface area contributed by atoms with Crippen molar-refractivity contribution in [2.45, 2.75) is 6.61 Å². The van der Waals surface area contributed by atoms with Gasteiger partial charge in [0.2, 0.25) is 0 Å². The molecular weight excluding hydrogens is 150 g/mol. The van der Waals surface area contributed by atoms with Crippen molar-refractivity contribution in [3.63, 3.8) is 0 Å². The van der Waals surface area contributed by atoms with Crippen molar-refractivity contribution < 1.29 is 9.26 Å². The van der Waals surface area contributed by atoms with Crippen molar-refractivity contribution in [2.24, 2.45) is 0 Å². The van der Waals surface area contributed by atoms with Crippen LogP contribution in [0.2, 0.25) is 0 Å². The predicted molar refractivity (Wildman–Crippen MR) is 40.0 cm³/mol. The van der Waals surface area contributed by atoms with E-state index in [-0.39, 0.29) is 0 Å². The molecule has 0 aromatic carbocycles. The number of thiol groups is 1.